The molecule has 0 aliphatic rings. The van der Waals surface area contributed by atoms with Crippen LogP contribution in [-0.4, -0.2) is 24.0 Å². The number of amidine groups is 1. The summed E-state index contributed by atoms with van der Waals surface area (Å²) in [5.41, 5.74) is 9.41. The van der Waals surface area contributed by atoms with Crippen molar-refractivity contribution in [2.75, 3.05) is 12.0 Å². The minimum Gasteiger partial charge on any atom is -0.382 e. The Balaban J connectivity index is 2.57. The molecule has 0 radical (unpaired) electrons. The lowest BCUT2D eigenvalue weighted by Gasteiger charge is -2.05. The Labute approximate surface area is 117 Å². The highest BCUT2D eigenvalue weighted by Gasteiger charge is 2.01. The van der Waals surface area contributed by atoms with Gasteiger partial charge in [-0.25, -0.2) is 0 Å². The van der Waals surface area contributed by atoms with Gasteiger partial charge in [0.05, 0.1) is 5.69 Å². The zero-order valence-corrected chi connectivity index (χ0v) is 11.1. The summed E-state index contributed by atoms with van der Waals surface area (Å²) in [5.74, 6) is -0.433. The van der Waals surface area contributed by atoms with Crippen LogP contribution < -0.4 is 16.5 Å². The summed E-state index contributed by atoms with van der Waals surface area (Å²) >= 11 is 0. The first-order chi connectivity index (χ1) is 9.52. The van der Waals surface area contributed by atoms with E-state index in [2.05, 4.69) is 15.8 Å². The van der Waals surface area contributed by atoms with Gasteiger partial charge in [-0.05, 0) is 24.1 Å². The van der Waals surface area contributed by atoms with Crippen LogP contribution in [0.15, 0.2) is 29.4 Å². The minimum absolute atomic E-state index is 0.0501. The van der Waals surface area contributed by atoms with Gasteiger partial charge in [0.2, 0.25) is 11.6 Å². The fourth-order valence-corrected chi connectivity index (χ4v) is 1.39. The lowest BCUT2D eigenvalue weighted by molar-refractivity contribution is -0.118. The first-order valence-corrected chi connectivity index (χ1v) is 5.94. The van der Waals surface area contributed by atoms with Crippen molar-refractivity contribution in [2.24, 2.45) is 10.8 Å². The van der Waals surface area contributed by atoms with Gasteiger partial charge in [0, 0.05) is 13.5 Å². The molecule has 1 rings (SSSR count). The average molecular weight is 272 g/mol. The van der Waals surface area contributed by atoms with Crippen LogP contribution in [0.5, 0.6) is 0 Å². The van der Waals surface area contributed by atoms with Gasteiger partial charge in [0.15, 0.2) is 5.84 Å². The molecule has 0 atom stereocenters. The van der Waals surface area contributed by atoms with Crippen LogP contribution in [0.2, 0.25) is 0 Å². The van der Waals surface area contributed by atoms with Gasteiger partial charge in [-0.2, -0.15) is 10.4 Å². The topological polar surface area (TPSA) is 127 Å². The van der Waals surface area contributed by atoms with Crippen molar-refractivity contribution >= 4 is 23.1 Å². The highest BCUT2D eigenvalue weighted by atomic mass is 16.1. The van der Waals surface area contributed by atoms with Gasteiger partial charge in [0.1, 0.15) is 6.07 Å². The fraction of sp³-hybridized carbons (Fsp3) is 0.231. The van der Waals surface area contributed by atoms with Gasteiger partial charge in [-0.3, -0.25) is 15.6 Å². The molecule has 20 heavy (non-hydrogen) atoms. The first-order valence-electron chi connectivity index (χ1n) is 5.94. The number of benzene rings is 1. The lowest BCUT2D eigenvalue weighted by Crippen LogP contribution is -2.22. The van der Waals surface area contributed by atoms with Crippen molar-refractivity contribution in [1.82, 2.24) is 5.32 Å². The molecule has 0 fully saturated rings. The van der Waals surface area contributed by atoms with E-state index >= 15 is 0 Å². The summed E-state index contributed by atoms with van der Waals surface area (Å²) in [6, 6.07) is 9.08. The monoisotopic (exact) mass is 272 g/mol. The van der Waals surface area contributed by atoms with E-state index in [4.69, 9.17) is 16.4 Å². The fourth-order valence-electron chi connectivity index (χ4n) is 1.39. The molecular formula is C13H16N6O. The van der Waals surface area contributed by atoms with E-state index in [0.29, 0.717) is 12.2 Å². The molecule has 0 saturated carbocycles. The van der Waals surface area contributed by atoms with Gasteiger partial charge in [0.25, 0.3) is 0 Å². The molecule has 1 aromatic carbocycles. The van der Waals surface area contributed by atoms with Crippen molar-refractivity contribution in [3.05, 3.63) is 29.8 Å². The number of anilines is 1. The number of nitrogens with zero attached hydrogens (tertiary/aromatic N) is 2. The number of hydrogen-bond acceptors (Lipinski definition) is 5. The molecule has 5 N–H and O–H groups in total. The molecule has 7 nitrogen and oxygen atoms in total. The van der Waals surface area contributed by atoms with Crippen molar-refractivity contribution < 1.29 is 4.79 Å². The van der Waals surface area contributed by atoms with Crippen molar-refractivity contribution in [2.45, 2.75) is 13.3 Å². The van der Waals surface area contributed by atoms with Crippen molar-refractivity contribution in [3.8, 4) is 6.07 Å². The molecule has 0 unspecified atom stereocenters. The number of carbonyl (C=O) groups excluding carboxylic acids is 1. The Kier molecular flexibility index (Phi) is 5.72. The van der Waals surface area contributed by atoms with Crippen LogP contribution >= 0.6 is 0 Å². The van der Waals surface area contributed by atoms with E-state index in [1.165, 1.54) is 6.92 Å². The smallest absolute Gasteiger partial charge is 0.216 e. The van der Waals surface area contributed by atoms with E-state index in [0.717, 1.165) is 12.0 Å². The highest BCUT2D eigenvalue weighted by Crippen LogP contribution is 2.09. The SMILES string of the molecule is CC(=O)NCCc1ccc(N/N=C(\C#N)C(=N)N)cc1. The average Bonchev–Trinajstić information content (AvgIpc) is 2.40. The summed E-state index contributed by atoms with van der Waals surface area (Å²) < 4.78 is 0. The van der Waals surface area contributed by atoms with Crippen LogP contribution in [0.4, 0.5) is 5.69 Å². The minimum atomic E-state index is -0.382. The molecular weight excluding hydrogens is 256 g/mol. The molecule has 0 bridgehead atoms. The number of rotatable bonds is 6. The predicted molar refractivity (Wildman–Crippen MR) is 77.4 cm³/mol. The molecule has 0 spiro atoms. The maximum absolute atomic E-state index is 10.7. The number of nitrogens with one attached hydrogen (secondary N) is 3. The largest absolute Gasteiger partial charge is 0.382 e. The van der Waals surface area contributed by atoms with E-state index in [-0.39, 0.29) is 17.5 Å². The Bertz CT molecular complexity index is 555. The predicted octanol–water partition coefficient (Wildman–Crippen LogP) is 0.593. The van der Waals surface area contributed by atoms with E-state index < -0.39 is 0 Å². The number of amides is 1. The number of carbonyl (C=O) groups is 1. The molecule has 1 aromatic rings. The van der Waals surface area contributed by atoms with Crippen LogP contribution in [0, 0.1) is 16.7 Å². The Morgan fingerprint density at radius 1 is 1.45 bits per heavy atom. The first kappa shape index (κ1) is 15.2. The zero-order chi connectivity index (χ0) is 15.0. The quantitative estimate of drug-likeness (QED) is 0.343. The normalized spacial score (nSPS) is 10.5. The second-order valence-corrected chi connectivity index (χ2v) is 4.03. The van der Waals surface area contributed by atoms with Crippen LogP contribution in [0.3, 0.4) is 0 Å². The second-order valence-electron chi connectivity index (χ2n) is 4.03. The number of hydrogen-bond donors (Lipinski definition) is 4. The van der Waals surface area contributed by atoms with Crippen LogP contribution in [-0.2, 0) is 11.2 Å². The highest BCUT2D eigenvalue weighted by molar-refractivity contribution is 6.45. The second kappa shape index (κ2) is 7.53. The molecule has 1 amide bonds. The summed E-state index contributed by atoms with van der Waals surface area (Å²) in [6.07, 6.45) is 0.736. The number of hydrazone groups is 1. The number of nitrogens with two attached hydrogens (primary N) is 1. The third-order valence-electron chi connectivity index (χ3n) is 2.40. The molecule has 104 valence electrons. The Morgan fingerprint density at radius 2 is 2.10 bits per heavy atom. The van der Waals surface area contributed by atoms with Crippen molar-refractivity contribution in [3.63, 3.8) is 0 Å². The Morgan fingerprint density at radius 3 is 2.60 bits per heavy atom. The number of nitriles is 1. The summed E-state index contributed by atoms with van der Waals surface area (Å²) in [6.45, 7) is 2.07. The van der Waals surface area contributed by atoms with Gasteiger partial charge >= 0.3 is 0 Å². The third kappa shape index (κ3) is 5.18. The Hall–Kier alpha value is -2.88. The lowest BCUT2D eigenvalue weighted by atomic mass is 10.1. The van der Waals surface area contributed by atoms with Crippen LogP contribution in [0.25, 0.3) is 0 Å². The van der Waals surface area contributed by atoms with E-state index in [9.17, 15) is 4.79 Å². The molecule has 0 saturated heterocycles. The molecule has 7 heteroatoms. The summed E-state index contributed by atoms with van der Waals surface area (Å²) in [4.78, 5) is 10.7. The van der Waals surface area contributed by atoms with E-state index in [1.54, 1.807) is 18.2 Å². The maximum atomic E-state index is 10.7. The van der Waals surface area contributed by atoms with Crippen molar-refractivity contribution in [1.29, 1.82) is 10.7 Å². The molecule has 0 aliphatic heterocycles. The zero-order valence-electron chi connectivity index (χ0n) is 11.1. The van der Waals surface area contributed by atoms with E-state index in [1.807, 2.05) is 12.1 Å². The van der Waals surface area contributed by atoms with Gasteiger partial charge < -0.3 is 11.1 Å². The standard InChI is InChI=1S/C13H16N6O/c1-9(20)17-7-6-10-2-4-11(5-3-10)18-19-12(8-14)13(15)16/h2-5,18H,6-7H2,1H3,(H3,15,16)(H,17,20)/b19-12+. The van der Waals surface area contributed by atoms with Gasteiger partial charge in [-0.15, -0.1) is 0 Å². The molecule has 0 heterocycles. The third-order valence-corrected chi connectivity index (χ3v) is 2.40. The maximum Gasteiger partial charge on any atom is 0.216 e. The van der Waals surface area contributed by atoms with Gasteiger partial charge in [-0.1, -0.05) is 12.1 Å². The molecule has 0 aliphatic carbocycles. The summed E-state index contributed by atoms with van der Waals surface area (Å²) in [7, 11) is 0. The summed E-state index contributed by atoms with van der Waals surface area (Å²) in [5, 5.41) is 22.2. The van der Waals surface area contributed by atoms with Crippen LogP contribution in [0.1, 0.15) is 12.5 Å². The molecule has 0 aromatic heterocycles.